The maximum Gasteiger partial charge on any atom is 0.253 e. The molecule has 2 aromatic carbocycles. The summed E-state index contributed by atoms with van der Waals surface area (Å²) in [7, 11) is -1.86. The lowest BCUT2D eigenvalue weighted by molar-refractivity contribution is 0.0767. The molecule has 1 amide bonds. The first-order valence-corrected chi connectivity index (χ1v) is 13.1. The van der Waals surface area contributed by atoms with E-state index in [1.807, 2.05) is 29.2 Å². The molecule has 0 N–H and O–H groups in total. The third kappa shape index (κ3) is 5.33. The predicted octanol–water partition coefficient (Wildman–Crippen LogP) is 3.47. The zero-order valence-corrected chi connectivity index (χ0v) is 20.3. The fourth-order valence-electron chi connectivity index (χ4n) is 4.50. The van der Waals surface area contributed by atoms with Crippen molar-refractivity contribution in [2.24, 2.45) is 5.92 Å². The average molecular weight is 472 g/mol. The van der Waals surface area contributed by atoms with Crippen molar-refractivity contribution in [1.82, 2.24) is 9.21 Å². The molecule has 0 radical (unpaired) electrons. The summed E-state index contributed by atoms with van der Waals surface area (Å²) < 4.78 is 32.7. The van der Waals surface area contributed by atoms with Crippen LogP contribution in [0.1, 0.15) is 36.5 Å². The van der Waals surface area contributed by atoms with Crippen molar-refractivity contribution in [3.63, 3.8) is 0 Å². The molecule has 0 aromatic heterocycles. The maximum absolute atomic E-state index is 13.1. The van der Waals surface area contributed by atoms with Crippen LogP contribution in [0.4, 0.5) is 5.69 Å². The number of hydrogen-bond donors (Lipinski definition) is 0. The van der Waals surface area contributed by atoms with Gasteiger partial charge in [-0.15, -0.1) is 0 Å². The van der Waals surface area contributed by atoms with E-state index in [4.69, 9.17) is 4.74 Å². The molecule has 33 heavy (non-hydrogen) atoms. The molecule has 8 heteroatoms. The second-order valence-electron chi connectivity index (χ2n) is 8.94. The SMILES string of the molecule is COc1ccc(N2CCCN(C(=O)c3ccc(S(=O)(=O)N4CCC(C)CC4)cc3)CC2)cc1. The highest BCUT2D eigenvalue weighted by atomic mass is 32.2. The standard InChI is InChI=1S/C25H33N3O4S/c1-20-12-16-28(17-13-20)33(30,31)24-10-4-21(5-11-24)25(29)27-15-3-14-26(18-19-27)22-6-8-23(32-2)9-7-22/h4-11,20H,3,12-19H2,1-2H3. The minimum absolute atomic E-state index is 0.0534. The second-order valence-corrected chi connectivity index (χ2v) is 10.9. The van der Waals surface area contributed by atoms with E-state index in [1.54, 1.807) is 35.7 Å². The van der Waals surface area contributed by atoms with Crippen LogP contribution in [-0.4, -0.2) is 69.9 Å². The Hall–Kier alpha value is -2.58. The highest BCUT2D eigenvalue weighted by molar-refractivity contribution is 7.89. The van der Waals surface area contributed by atoms with Crippen LogP contribution in [-0.2, 0) is 10.0 Å². The number of nitrogens with zero attached hydrogens (tertiary/aromatic N) is 3. The van der Waals surface area contributed by atoms with Crippen LogP contribution in [0.2, 0.25) is 0 Å². The van der Waals surface area contributed by atoms with Crippen molar-refractivity contribution >= 4 is 21.6 Å². The molecule has 2 aromatic rings. The van der Waals surface area contributed by atoms with Gasteiger partial charge in [-0.2, -0.15) is 4.31 Å². The molecule has 0 saturated carbocycles. The molecular weight excluding hydrogens is 438 g/mol. The Kier molecular flexibility index (Phi) is 7.24. The maximum atomic E-state index is 13.1. The summed E-state index contributed by atoms with van der Waals surface area (Å²) >= 11 is 0. The molecular formula is C25H33N3O4S. The number of carbonyl (C=O) groups is 1. The zero-order valence-electron chi connectivity index (χ0n) is 19.4. The molecule has 0 unspecified atom stereocenters. The Morgan fingerprint density at radius 2 is 1.55 bits per heavy atom. The zero-order chi connectivity index (χ0) is 23.4. The largest absolute Gasteiger partial charge is 0.497 e. The smallest absolute Gasteiger partial charge is 0.253 e. The van der Waals surface area contributed by atoms with Crippen molar-refractivity contribution in [2.75, 3.05) is 51.3 Å². The van der Waals surface area contributed by atoms with Crippen LogP contribution in [0, 0.1) is 5.92 Å². The van der Waals surface area contributed by atoms with Crippen molar-refractivity contribution < 1.29 is 17.9 Å². The van der Waals surface area contributed by atoms with Crippen LogP contribution in [0.5, 0.6) is 5.75 Å². The monoisotopic (exact) mass is 471 g/mol. The number of hydrogen-bond acceptors (Lipinski definition) is 5. The van der Waals surface area contributed by atoms with Gasteiger partial charge in [0.15, 0.2) is 0 Å². The summed E-state index contributed by atoms with van der Waals surface area (Å²) in [6.07, 6.45) is 2.65. The quantitative estimate of drug-likeness (QED) is 0.668. The highest BCUT2D eigenvalue weighted by Gasteiger charge is 2.28. The molecule has 0 bridgehead atoms. The fraction of sp³-hybridized carbons (Fsp3) is 0.480. The predicted molar refractivity (Wildman–Crippen MR) is 129 cm³/mol. The number of piperidine rings is 1. The molecule has 2 aliphatic rings. The summed E-state index contributed by atoms with van der Waals surface area (Å²) in [6.45, 7) is 6.20. The van der Waals surface area contributed by atoms with E-state index in [0.29, 0.717) is 37.7 Å². The Balaban J connectivity index is 1.39. The highest BCUT2D eigenvalue weighted by Crippen LogP contribution is 2.24. The van der Waals surface area contributed by atoms with E-state index in [2.05, 4.69) is 11.8 Å². The number of carbonyl (C=O) groups excluding carboxylic acids is 1. The number of methoxy groups -OCH3 is 1. The molecule has 2 heterocycles. The van der Waals surface area contributed by atoms with Gasteiger partial charge in [0.1, 0.15) is 5.75 Å². The van der Waals surface area contributed by atoms with Crippen LogP contribution in [0.3, 0.4) is 0 Å². The van der Waals surface area contributed by atoms with Crippen molar-refractivity contribution in [2.45, 2.75) is 31.1 Å². The molecule has 2 saturated heterocycles. The third-order valence-electron chi connectivity index (χ3n) is 6.70. The summed E-state index contributed by atoms with van der Waals surface area (Å²) in [5.74, 6) is 1.33. The molecule has 2 aliphatic heterocycles. The van der Waals surface area contributed by atoms with Crippen LogP contribution in [0.15, 0.2) is 53.4 Å². The molecule has 7 nitrogen and oxygen atoms in total. The first-order valence-electron chi connectivity index (χ1n) is 11.7. The number of sulfonamides is 1. The average Bonchev–Trinajstić information content (AvgIpc) is 3.10. The lowest BCUT2D eigenvalue weighted by atomic mass is 10.0. The Morgan fingerprint density at radius 3 is 2.18 bits per heavy atom. The van der Waals surface area contributed by atoms with Gasteiger partial charge < -0.3 is 14.5 Å². The molecule has 2 fully saturated rings. The molecule has 0 spiro atoms. The van der Waals surface area contributed by atoms with Gasteiger partial charge in [0.2, 0.25) is 10.0 Å². The van der Waals surface area contributed by atoms with E-state index in [-0.39, 0.29) is 10.8 Å². The topological polar surface area (TPSA) is 70.2 Å². The Bertz CT molecular complexity index is 1050. The van der Waals surface area contributed by atoms with Gasteiger partial charge in [0, 0.05) is 50.5 Å². The lowest BCUT2D eigenvalue weighted by Crippen LogP contribution is -2.38. The third-order valence-corrected chi connectivity index (χ3v) is 8.62. The second kappa shape index (κ2) is 10.1. The number of benzene rings is 2. The van der Waals surface area contributed by atoms with Crippen molar-refractivity contribution in [3.8, 4) is 5.75 Å². The molecule has 4 rings (SSSR count). The summed E-state index contributed by atoms with van der Waals surface area (Å²) in [5, 5.41) is 0. The minimum Gasteiger partial charge on any atom is -0.497 e. The van der Waals surface area contributed by atoms with Crippen molar-refractivity contribution in [1.29, 1.82) is 0 Å². The van der Waals surface area contributed by atoms with Crippen LogP contribution < -0.4 is 9.64 Å². The number of ether oxygens (including phenoxy) is 1. The Morgan fingerprint density at radius 1 is 0.879 bits per heavy atom. The number of rotatable bonds is 5. The minimum atomic E-state index is -3.51. The summed E-state index contributed by atoms with van der Waals surface area (Å²) in [4.78, 5) is 17.5. The van der Waals surface area contributed by atoms with Gasteiger partial charge in [-0.3, -0.25) is 4.79 Å². The number of amides is 1. The lowest BCUT2D eigenvalue weighted by Gasteiger charge is -2.29. The Labute approximate surface area is 197 Å². The van der Waals surface area contributed by atoms with Gasteiger partial charge in [-0.25, -0.2) is 8.42 Å². The summed E-state index contributed by atoms with van der Waals surface area (Å²) in [5.41, 5.74) is 1.64. The van der Waals surface area contributed by atoms with Gasteiger partial charge in [-0.05, 0) is 73.7 Å². The van der Waals surface area contributed by atoms with Gasteiger partial charge in [0.05, 0.1) is 12.0 Å². The summed E-state index contributed by atoms with van der Waals surface area (Å²) in [6, 6.07) is 14.4. The first-order chi connectivity index (χ1) is 15.9. The van der Waals surface area contributed by atoms with E-state index in [1.165, 1.54) is 0 Å². The molecule has 178 valence electrons. The van der Waals surface area contributed by atoms with Gasteiger partial charge >= 0.3 is 0 Å². The van der Waals surface area contributed by atoms with Gasteiger partial charge in [-0.1, -0.05) is 6.92 Å². The molecule has 0 aliphatic carbocycles. The molecule has 0 atom stereocenters. The first kappa shape index (κ1) is 23.6. The van der Waals surface area contributed by atoms with Crippen LogP contribution >= 0.6 is 0 Å². The van der Waals surface area contributed by atoms with E-state index in [0.717, 1.165) is 43.8 Å². The van der Waals surface area contributed by atoms with Gasteiger partial charge in [0.25, 0.3) is 5.91 Å². The van der Waals surface area contributed by atoms with Crippen molar-refractivity contribution in [3.05, 3.63) is 54.1 Å². The van der Waals surface area contributed by atoms with E-state index in [9.17, 15) is 13.2 Å². The fourth-order valence-corrected chi connectivity index (χ4v) is 5.97. The van der Waals surface area contributed by atoms with E-state index >= 15 is 0 Å². The van der Waals surface area contributed by atoms with E-state index < -0.39 is 10.0 Å². The number of anilines is 1. The van der Waals surface area contributed by atoms with Crippen LogP contribution in [0.25, 0.3) is 0 Å². The normalized spacial score (nSPS) is 18.7.